The van der Waals surface area contributed by atoms with Crippen molar-refractivity contribution in [2.75, 3.05) is 0 Å². The Morgan fingerprint density at radius 1 is 1.24 bits per heavy atom. The van der Waals surface area contributed by atoms with Crippen LogP contribution in [0.5, 0.6) is 0 Å². The summed E-state index contributed by atoms with van der Waals surface area (Å²) in [6.07, 6.45) is 10.2. The number of carbonyl (C=O) groups excluding carboxylic acids is 1. The second kappa shape index (κ2) is 12.5. The van der Waals surface area contributed by atoms with E-state index in [0.717, 1.165) is 42.0 Å². The number of aryl methyl sites for hydroxylation is 1. The highest BCUT2D eigenvalue weighted by atomic mass is 16.3. The number of aliphatic imine (C=N–C) groups is 1. The Balaban J connectivity index is 0.000000237. The van der Waals surface area contributed by atoms with Gasteiger partial charge in [-0.25, -0.2) is 0 Å². The van der Waals surface area contributed by atoms with Crippen LogP contribution in [-0.2, 0) is 4.79 Å². The normalized spacial score (nSPS) is 18.0. The van der Waals surface area contributed by atoms with E-state index in [9.17, 15) is 9.90 Å². The Kier molecular flexibility index (Phi) is 10.8. The van der Waals surface area contributed by atoms with E-state index in [4.69, 9.17) is 5.26 Å². The summed E-state index contributed by atoms with van der Waals surface area (Å²) in [6, 6.07) is 7.61. The average molecular weight is 399 g/mol. The molecule has 3 rings (SSSR count). The van der Waals surface area contributed by atoms with E-state index in [1.54, 1.807) is 13.0 Å². The first-order valence-electron chi connectivity index (χ1n) is 10.9. The first-order valence-corrected chi connectivity index (χ1v) is 10.9. The molecule has 1 unspecified atom stereocenters. The summed E-state index contributed by atoms with van der Waals surface area (Å²) >= 11 is 0. The predicted molar refractivity (Wildman–Crippen MR) is 121 cm³/mol. The van der Waals surface area contributed by atoms with Gasteiger partial charge in [0.25, 0.3) is 0 Å². The summed E-state index contributed by atoms with van der Waals surface area (Å²) in [7, 11) is 0. The van der Waals surface area contributed by atoms with Gasteiger partial charge in [0, 0.05) is 12.1 Å². The van der Waals surface area contributed by atoms with Crippen LogP contribution in [0.15, 0.2) is 23.2 Å². The molecule has 0 bridgehead atoms. The van der Waals surface area contributed by atoms with E-state index < -0.39 is 5.60 Å². The summed E-state index contributed by atoms with van der Waals surface area (Å²) in [4.78, 5) is 14.6. The van der Waals surface area contributed by atoms with Crippen LogP contribution < -0.4 is 0 Å². The zero-order chi connectivity index (χ0) is 21.9. The minimum Gasteiger partial charge on any atom is -0.389 e. The molecular formula is C25H38N2O2. The summed E-state index contributed by atoms with van der Waals surface area (Å²) < 4.78 is 0. The SMILES string of the molecule is CC(C)=Nc1ccc(C#N)cc1C.CC(O)(CC=O)C1CCCC1.CC1CCC1. The monoisotopic (exact) mass is 398 g/mol. The van der Waals surface area contributed by atoms with Gasteiger partial charge in [-0.15, -0.1) is 0 Å². The van der Waals surface area contributed by atoms with Crippen molar-refractivity contribution in [2.24, 2.45) is 16.8 Å². The van der Waals surface area contributed by atoms with Gasteiger partial charge in [-0.2, -0.15) is 5.26 Å². The van der Waals surface area contributed by atoms with Gasteiger partial charge in [-0.3, -0.25) is 4.99 Å². The van der Waals surface area contributed by atoms with Crippen molar-refractivity contribution >= 4 is 17.7 Å². The molecule has 1 atom stereocenters. The molecule has 2 aliphatic rings. The number of aliphatic hydroxyl groups is 1. The molecule has 160 valence electrons. The number of nitrogens with zero attached hydrogens (tertiary/aromatic N) is 2. The van der Waals surface area contributed by atoms with Crippen LogP contribution in [0, 0.1) is 30.1 Å². The summed E-state index contributed by atoms with van der Waals surface area (Å²) in [5.74, 6) is 1.42. The van der Waals surface area contributed by atoms with E-state index in [2.05, 4.69) is 18.0 Å². The van der Waals surface area contributed by atoms with Gasteiger partial charge < -0.3 is 9.90 Å². The molecule has 0 spiro atoms. The third kappa shape index (κ3) is 9.37. The van der Waals surface area contributed by atoms with Crippen LogP contribution >= 0.6 is 0 Å². The third-order valence-electron chi connectivity index (χ3n) is 5.80. The summed E-state index contributed by atoms with van der Waals surface area (Å²) in [6.45, 7) is 9.96. The Labute approximate surface area is 177 Å². The fourth-order valence-electron chi connectivity index (χ4n) is 3.59. The zero-order valence-corrected chi connectivity index (χ0v) is 18.9. The average Bonchev–Trinajstić information content (AvgIpc) is 3.18. The van der Waals surface area contributed by atoms with Gasteiger partial charge in [-0.05, 0) is 76.1 Å². The van der Waals surface area contributed by atoms with Crippen LogP contribution in [0.1, 0.15) is 90.2 Å². The summed E-state index contributed by atoms with van der Waals surface area (Å²) in [5, 5.41) is 18.4. The zero-order valence-electron chi connectivity index (χ0n) is 18.9. The van der Waals surface area contributed by atoms with Crippen molar-refractivity contribution in [1.29, 1.82) is 5.26 Å². The second-order valence-electron chi connectivity index (χ2n) is 8.92. The quantitative estimate of drug-likeness (QED) is 0.477. The first kappa shape index (κ1) is 25.0. The van der Waals surface area contributed by atoms with Crippen molar-refractivity contribution in [3.8, 4) is 6.07 Å². The van der Waals surface area contributed by atoms with Gasteiger partial charge >= 0.3 is 0 Å². The second-order valence-corrected chi connectivity index (χ2v) is 8.92. The summed E-state index contributed by atoms with van der Waals surface area (Å²) in [5.41, 5.74) is 2.95. The Morgan fingerprint density at radius 3 is 2.21 bits per heavy atom. The van der Waals surface area contributed by atoms with Crippen molar-refractivity contribution in [1.82, 2.24) is 0 Å². The maximum absolute atomic E-state index is 10.2. The largest absolute Gasteiger partial charge is 0.389 e. The standard InChI is InChI=1S/C11H12N2.C9H16O2.C5H10/c1-8(2)13-11-5-4-10(7-12)6-9(11)3;1-9(11,6-7-10)8-4-2-3-5-8;1-5-3-2-4-5/h4-6H,1-3H3;7-8,11H,2-6H2,1H3;5H,2-4H2,1H3. The molecule has 2 saturated carbocycles. The topological polar surface area (TPSA) is 73.4 Å². The van der Waals surface area contributed by atoms with Crippen molar-refractivity contribution in [2.45, 2.75) is 91.6 Å². The fraction of sp³-hybridized carbons (Fsp3) is 0.640. The maximum atomic E-state index is 10.2. The van der Waals surface area contributed by atoms with E-state index in [-0.39, 0.29) is 6.42 Å². The van der Waals surface area contributed by atoms with Crippen molar-refractivity contribution in [3.63, 3.8) is 0 Å². The first-order chi connectivity index (χ1) is 13.7. The molecule has 0 amide bonds. The Bertz CT molecular complexity index is 702. The van der Waals surface area contributed by atoms with Crippen LogP contribution in [0.3, 0.4) is 0 Å². The minimum atomic E-state index is -0.738. The lowest BCUT2D eigenvalue weighted by Crippen LogP contribution is -2.33. The number of hydrogen-bond acceptors (Lipinski definition) is 4. The molecule has 0 aliphatic heterocycles. The van der Waals surface area contributed by atoms with Crippen LogP contribution in [-0.4, -0.2) is 22.7 Å². The molecule has 0 saturated heterocycles. The fourth-order valence-corrected chi connectivity index (χ4v) is 3.59. The van der Waals surface area contributed by atoms with Gasteiger partial charge in [0.1, 0.15) is 6.29 Å². The number of nitriles is 1. The molecule has 1 aromatic rings. The van der Waals surface area contributed by atoms with Crippen molar-refractivity contribution < 1.29 is 9.90 Å². The van der Waals surface area contributed by atoms with Gasteiger partial charge in [-0.1, -0.05) is 39.0 Å². The number of carbonyl (C=O) groups is 1. The minimum absolute atomic E-state index is 0.289. The lowest BCUT2D eigenvalue weighted by molar-refractivity contribution is -0.113. The highest BCUT2D eigenvalue weighted by Crippen LogP contribution is 2.35. The van der Waals surface area contributed by atoms with Crippen molar-refractivity contribution in [3.05, 3.63) is 29.3 Å². The molecule has 0 heterocycles. The Morgan fingerprint density at radius 2 is 1.83 bits per heavy atom. The van der Waals surface area contributed by atoms with Gasteiger partial charge in [0.05, 0.1) is 22.9 Å². The third-order valence-corrected chi connectivity index (χ3v) is 5.80. The smallest absolute Gasteiger partial charge is 0.122 e. The molecule has 4 heteroatoms. The van der Waals surface area contributed by atoms with Crippen LogP contribution in [0.4, 0.5) is 5.69 Å². The molecule has 29 heavy (non-hydrogen) atoms. The molecule has 1 aromatic carbocycles. The van der Waals surface area contributed by atoms with Gasteiger partial charge in [0.2, 0.25) is 0 Å². The predicted octanol–water partition coefficient (Wildman–Crippen LogP) is 6.30. The van der Waals surface area contributed by atoms with E-state index in [0.29, 0.717) is 11.5 Å². The highest BCUT2D eigenvalue weighted by Gasteiger charge is 2.33. The number of rotatable bonds is 4. The molecule has 0 aromatic heterocycles. The molecule has 4 nitrogen and oxygen atoms in total. The lowest BCUT2D eigenvalue weighted by atomic mass is 9.85. The molecule has 2 aliphatic carbocycles. The molecular weight excluding hydrogens is 360 g/mol. The van der Waals surface area contributed by atoms with E-state index in [1.165, 1.54) is 32.1 Å². The number of benzene rings is 1. The lowest BCUT2D eigenvalue weighted by Gasteiger charge is -2.27. The van der Waals surface area contributed by atoms with Crippen LogP contribution in [0.25, 0.3) is 0 Å². The van der Waals surface area contributed by atoms with Gasteiger partial charge in [0.15, 0.2) is 0 Å². The van der Waals surface area contributed by atoms with E-state index in [1.807, 2.05) is 32.9 Å². The maximum Gasteiger partial charge on any atom is 0.122 e. The number of hydrogen-bond donors (Lipinski definition) is 1. The molecule has 2 fully saturated rings. The van der Waals surface area contributed by atoms with Crippen LogP contribution in [0.2, 0.25) is 0 Å². The number of aldehydes is 1. The Hall–Kier alpha value is -1.99. The highest BCUT2D eigenvalue weighted by molar-refractivity contribution is 5.82. The molecule has 0 radical (unpaired) electrons. The van der Waals surface area contributed by atoms with E-state index >= 15 is 0 Å². The molecule has 1 N–H and O–H groups in total.